The second-order valence-electron chi connectivity index (χ2n) is 7.44. The molecule has 0 fully saturated rings. The molecule has 1 atom stereocenters. The summed E-state index contributed by atoms with van der Waals surface area (Å²) in [5.74, 6) is 0. The van der Waals surface area contributed by atoms with Crippen LogP contribution in [0.5, 0.6) is 0 Å². The average Bonchev–Trinajstić information content (AvgIpc) is 2.12. The first kappa shape index (κ1) is 16.4. The molecule has 4 heteroatoms. The second-order valence-corrected chi connectivity index (χ2v) is 7.44. The smallest absolute Gasteiger partial charge is 0.0950 e. The van der Waals surface area contributed by atoms with Crippen molar-refractivity contribution in [2.75, 3.05) is 0 Å². The Morgan fingerprint density at radius 2 is 1.42 bits per heavy atom. The van der Waals surface area contributed by atoms with Crippen LogP contribution in [0.15, 0.2) is 23.8 Å². The molecule has 0 aromatic heterocycles. The van der Waals surface area contributed by atoms with Crippen LogP contribution in [0.3, 0.4) is 0 Å². The second kappa shape index (κ2) is 4.42. The summed E-state index contributed by atoms with van der Waals surface area (Å²) in [7, 11) is 0. The fourth-order valence-electron chi connectivity index (χ4n) is 2.92. The van der Waals surface area contributed by atoms with Crippen molar-refractivity contribution in [1.82, 2.24) is 0 Å². The van der Waals surface area contributed by atoms with E-state index in [0.29, 0.717) is 0 Å². The van der Waals surface area contributed by atoms with E-state index >= 15 is 0 Å². The van der Waals surface area contributed by atoms with Gasteiger partial charge in [0, 0.05) is 22.0 Å². The maximum Gasteiger partial charge on any atom is 0.0950 e. The number of nitrogens with two attached hydrogens (primary N) is 3. The van der Waals surface area contributed by atoms with Crippen molar-refractivity contribution in [3.8, 4) is 0 Å². The molecule has 1 aliphatic rings. The van der Waals surface area contributed by atoms with Gasteiger partial charge < -0.3 is 22.3 Å². The van der Waals surface area contributed by atoms with Crippen molar-refractivity contribution < 1.29 is 5.11 Å². The van der Waals surface area contributed by atoms with E-state index in [-0.39, 0.29) is 0 Å². The van der Waals surface area contributed by atoms with Gasteiger partial charge in [-0.15, -0.1) is 0 Å². The number of rotatable bonds is 3. The Bertz CT molecular complexity index is 389. The fourth-order valence-corrected chi connectivity index (χ4v) is 2.92. The van der Waals surface area contributed by atoms with Gasteiger partial charge in [0.1, 0.15) is 0 Å². The summed E-state index contributed by atoms with van der Waals surface area (Å²) in [4.78, 5) is 0. The number of hydrogen-bond acceptors (Lipinski definition) is 4. The van der Waals surface area contributed by atoms with Crippen LogP contribution in [0.2, 0.25) is 0 Å². The lowest BCUT2D eigenvalue weighted by atomic mass is 9.57. The van der Waals surface area contributed by atoms with E-state index in [4.69, 9.17) is 17.2 Å². The van der Waals surface area contributed by atoms with Gasteiger partial charge in [-0.3, -0.25) is 0 Å². The topological polar surface area (TPSA) is 98.3 Å². The van der Waals surface area contributed by atoms with Crippen LogP contribution in [0.25, 0.3) is 0 Å². The largest absolute Gasteiger partial charge is 0.385 e. The van der Waals surface area contributed by atoms with Crippen molar-refractivity contribution >= 4 is 0 Å². The highest BCUT2D eigenvalue weighted by Gasteiger charge is 2.50. The SMILES string of the molecule is CC(C)(N)C1=CC(C(C)(C)N)(C(C)(C)N)C=CC1O. The quantitative estimate of drug-likeness (QED) is 0.574. The van der Waals surface area contributed by atoms with E-state index in [0.717, 1.165) is 5.57 Å². The standard InChI is InChI=1S/C15H29N3O/c1-12(2,16)10-9-15(13(3,4)17,14(5,6)18)8-7-11(10)19/h7-9,11,19H,16-18H2,1-6H3. The van der Waals surface area contributed by atoms with Gasteiger partial charge in [0.05, 0.1) is 6.10 Å². The number of aliphatic hydroxyl groups excluding tert-OH is 1. The number of aliphatic hydroxyl groups is 1. The Morgan fingerprint density at radius 3 is 1.74 bits per heavy atom. The van der Waals surface area contributed by atoms with Crippen LogP contribution in [0.1, 0.15) is 41.5 Å². The molecule has 0 saturated heterocycles. The molecule has 0 aromatic carbocycles. The summed E-state index contributed by atoms with van der Waals surface area (Å²) in [6, 6.07) is 0. The van der Waals surface area contributed by atoms with Gasteiger partial charge in [0.15, 0.2) is 0 Å². The van der Waals surface area contributed by atoms with E-state index < -0.39 is 28.1 Å². The predicted octanol–water partition coefficient (Wildman–Crippen LogP) is 1.04. The molecule has 19 heavy (non-hydrogen) atoms. The molecule has 0 spiro atoms. The Hall–Kier alpha value is -0.680. The molecule has 4 nitrogen and oxygen atoms in total. The van der Waals surface area contributed by atoms with Crippen LogP contribution >= 0.6 is 0 Å². The van der Waals surface area contributed by atoms with Gasteiger partial charge in [0.25, 0.3) is 0 Å². The summed E-state index contributed by atoms with van der Waals surface area (Å²) in [5, 5.41) is 10.2. The zero-order valence-corrected chi connectivity index (χ0v) is 13.0. The molecule has 0 radical (unpaired) electrons. The predicted molar refractivity (Wildman–Crippen MR) is 80.5 cm³/mol. The Balaban J connectivity index is 3.52. The molecule has 7 N–H and O–H groups in total. The first-order chi connectivity index (χ1) is 8.22. The Labute approximate surface area is 116 Å². The maximum atomic E-state index is 10.2. The first-order valence-electron chi connectivity index (χ1n) is 6.70. The normalized spacial score (nSPS) is 24.3. The van der Waals surface area contributed by atoms with Crippen LogP contribution in [0.4, 0.5) is 0 Å². The minimum atomic E-state index is -0.683. The minimum absolute atomic E-state index is 0.564. The molecule has 0 aliphatic heterocycles. The molecule has 0 aromatic rings. The number of hydrogen-bond donors (Lipinski definition) is 4. The van der Waals surface area contributed by atoms with Crippen LogP contribution in [-0.4, -0.2) is 27.8 Å². The lowest BCUT2D eigenvalue weighted by Crippen LogP contribution is -2.64. The van der Waals surface area contributed by atoms with Crippen LogP contribution in [-0.2, 0) is 0 Å². The Morgan fingerprint density at radius 1 is 1.00 bits per heavy atom. The molecular formula is C15H29N3O. The van der Waals surface area contributed by atoms with E-state index in [1.54, 1.807) is 6.08 Å². The third-order valence-electron chi connectivity index (χ3n) is 4.12. The lowest BCUT2D eigenvalue weighted by Gasteiger charge is -2.52. The van der Waals surface area contributed by atoms with Crippen LogP contribution < -0.4 is 17.2 Å². The molecule has 0 saturated carbocycles. The van der Waals surface area contributed by atoms with E-state index in [2.05, 4.69) is 0 Å². The van der Waals surface area contributed by atoms with E-state index in [1.807, 2.05) is 53.7 Å². The van der Waals surface area contributed by atoms with E-state index in [9.17, 15) is 5.11 Å². The molecular weight excluding hydrogens is 238 g/mol. The molecule has 1 unspecified atom stereocenters. The average molecular weight is 267 g/mol. The van der Waals surface area contributed by atoms with Crippen molar-refractivity contribution in [3.63, 3.8) is 0 Å². The van der Waals surface area contributed by atoms with Crippen molar-refractivity contribution in [2.45, 2.75) is 64.3 Å². The molecule has 110 valence electrons. The summed E-state index contributed by atoms with van der Waals surface area (Å²) in [6.45, 7) is 11.5. The third kappa shape index (κ3) is 2.77. The molecule has 1 rings (SSSR count). The summed E-state index contributed by atoms with van der Waals surface area (Å²) < 4.78 is 0. The summed E-state index contributed by atoms with van der Waals surface area (Å²) in [6.07, 6.45) is 4.95. The fraction of sp³-hybridized carbons (Fsp3) is 0.733. The first-order valence-corrected chi connectivity index (χ1v) is 6.70. The van der Waals surface area contributed by atoms with Gasteiger partial charge in [-0.1, -0.05) is 18.2 Å². The van der Waals surface area contributed by atoms with Crippen molar-refractivity contribution in [1.29, 1.82) is 0 Å². The highest BCUT2D eigenvalue weighted by atomic mass is 16.3. The Kier molecular flexibility index (Phi) is 3.81. The van der Waals surface area contributed by atoms with Crippen molar-refractivity contribution in [3.05, 3.63) is 23.8 Å². The highest BCUT2D eigenvalue weighted by Crippen LogP contribution is 2.46. The monoisotopic (exact) mass is 267 g/mol. The van der Waals surface area contributed by atoms with E-state index in [1.165, 1.54) is 0 Å². The molecule has 0 bridgehead atoms. The van der Waals surface area contributed by atoms with Gasteiger partial charge in [0.2, 0.25) is 0 Å². The molecule has 0 heterocycles. The van der Waals surface area contributed by atoms with Crippen LogP contribution in [0, 0.1) is 5.41 Å². The van der Waals surface area contributed by atoms with Gasteiger partial charge in [-0.05, 0) is 47.1 Å². The summed E-state index contributed by atoms with van der Waals surface area (Å²) >= 11 is 0. The minimum Gasteiger partial charge on any atom is -0.385 e. The van der Waals surface area contributed by atoms with Gasteiger partial charge >= 0.3 is 0 Å². The molecule has 0 amide bonds. The summed E-state index contributed by atoms with van der Waals surface area (Å²) in [5.41, 5.74) is 17.4. The van der Waals surface area contributed by atoms with Crippen molar-refractivity contribution in [2.24, 2.45) is 22.6 Å². The highest BCUT2D eigenvalue weighted by molar-refractivity contribution is 5.40. The zero-order chi connectivity index (χ0) is 15.3. The van der Waals surface area contributed by atoms with Gasteiger partial charge in [-0.25, -0.2) is 0 Å². The zero-order valence-electron chi connectivity index (χ0n) is 13.0. The third-order valence-corrected chi connectivity index (χ3v) is 4.12. The molecule has 1 aliphatic carbocycles. The van der Waals surface area contributed by atoms with Gasteiger partial charge in [-0.2, -0.15) is 0 Å². The lowest BCUT2D eigenvalue weighted by molar-refractivity contribution is 0.153. The maximum absolute atomic E-state index is 10.2.